The summed E-state index contributed by atoms with van der Waals surface area (Å²) in [5, 5.41) is 10.8. The summed E-state index contributed by atoms with van der Waals surface area (Å²) in [6, 6.07) is 7.31. The highest BCUT2D eigenvalue weighted by molar-refractivity contribution is 6.34. The molecule has 0 saturated carbocycles. The van der Waals surface area contributed by atoms with E-state index in [9.17, 15) is 5.11 Å². The molecule has 1 N–H and O–H groups in total. The number of hydrogen-bond acceptors (Lipinski definition) is 2. The Morgan fingerprint density at radius 1 is 1.46 bits per heavy atom. The van der Waals surface area contributed by atoms with Crippen LogP contribution >= 0.6 is 11.6 Å². The molecule has 1 aromatic carbocycles. The molecule has 0 aliphatic carbocycles. The van der Waals surface area contributed by atoms with Crippen molar-refractivity contribution >= 4 is 22.6 Å². The number of benzene rings is 1. The molecule has 2 nitrogen and oxygen atoms in total. The summed E-state index contributed by atoms with van der Waals surface area (Å²) < 4.78 is 5.38. The zero-order valence-electron chi connectivity index (χ0n) is 7.12. The Hall–Kier alpha value is -0.990. The van der Waals surface area contributed by atoms with E-state index in [0.717, 1.165) is 5.39 Å². The summed E-state index contributed by atoms with van der Waals surface area (Å²) in [6.07, 6.45) is -0.594. The minimum Gasteiger partial charge on any atom is -0.457 e. The maximum absolute atomic E-state index is 9.28. The van der Waals surface area contributed by atoms with Gasteiger partial charge in [0.2, 0.25) is 0 Å². The van der Waals surface area contributed by atoms with Crippen LogP contribution in [0.25, 0.3) is 11.0 Å². The van der Waals surface area contributed by atoms with Gasteiger partial charge in [0.1, 0.15) is 11.9 Å². The highest BCUT2D eigenvalue weighted by Gasteiger charge is 2.09. The molecular formula is C10H9ClO2. The molecule has 0 radical (unpaired) electrons. The third-order valence-electron chi connectivity index (χ3n) is 1.93. The Morgan fingerprint density at radius 2 is 2.23 bits per heavy atom. The first kappa shape index (κ1) is 8.60. The van der Waals surface area contributed by atoms with Crippen LogP contribution in [0.15, 0.2) is 28.7 Å². The summed E-state index contributed by atoms with van der Waals surface area (Å²) >= 11 is 5.90. The van der Waals surface area contributed by atoms with Crippen LogP contribution < -0.4 is 0 Å². The van der Waals surface area contributed by atoms with Crippen molar-refractivity contribution < 1.29 is 9.52 Å². The number of halogens is 1. The van der Waals surface area contributed by atoms with Gasteiger partial charge in [-0.25, -0.2) is 0 Å². The molecule has 1 heterocycles. The molecule has 0 aliphatic rings. The fraction of sp³-hybridized carbons (Fsp3) is 0.200. The number of para-hydroxylation sites is 1. The average molecular weight is 197 g/mol. The lowest BCUT2D eigenvalue weighted by Crippen LogP contribution is -1.85. The molecule has 0 aliphatic heterocycles. The number of hydrogen-bond donors (Lipinski definition) is 1. The highest BCUT2D eigenvalue weighted by atomic mass is 35.5. The Morgan fingerprint density at radius 3 is 2.85 bits per heavy atom. The Balaban J connectivity index is 2.68. The van der Waals surface area contributed by atoms with Crippen molar-refractivity contribution in [2.75, 3.05) is 0 Å². The van der Waals surface area contributed by atoms with Crippen LogP contribution in [0.3, 0.4) is 0 Å². The smallest absolute Gasteiger partial charge is 0.152 e. The van der Waals surface area contributed by atoms with Crippen molar-refractivity contribution in [3.05, 3.63) is 35.0 Å². The second-order valence-electron chi connectivity index (χ2n) is 2.98. The molecule has 0 fully saturated rings. The lowest BCUT2D eigenvalue weighted by molar-refractivity contribution is 0.172. The molecule has 0 bridgehead atoms. The summed E-state index contributed by atoms with van der Waals surface area (Å²) in [5.74, 6) is 0.545. The van der Waals surface area contributed by atoms with Gasteiger partial charge in [-0.3, -0.25) is 0 Å². The Bertz CT molecular complexity index is 431. The van der Waals surface area contributed by atoms with Crippen molar-refractivity contribution in [3.8, 4) is 0 Å². The molecule has 0 saturated heterocycles. The third-order valence-corrected chi connectivity index (χ3v) is 2.22. The maximum Gasteiger partial charge on any atom is 0.152 e. The van der Waals surface area contributed by atoms with Gasteiger partial charge in [0.15, 0.2) is 5.58 Å². The lowest BCUT2D eigenvalue weighted by Gasteiger charge is -1.95. The summed E-state index contributed by atoms with van der Waals surface area (Å²) in [7, 11) is 0. The van der Waals surface area contributed by atoms with Gasteiger partial charge in [-0.15, -0.1) is 0 Å². The highest BCUT2D eigenvalue weighted by Crippen LogP contribution is 2.28. The number of rotatable bonds is 1. The first-order chi connectivity index (χ1) is 6.18. The third kappa shape index (κ3) is 1.43. The number of furan rings is 1. The van der Waals surface area contributed by atoms with Crippen LogP contribution in [0, 0.1) is 0 Å². The molecule has 1 aromatic heterocycles. The lowest BCUT2D eigenvalue weighted by atomic mass is 10.2. The van der Waals surface area contributed by atoms with Crippen LogP contribution in [-0.2, 0) is 0 Å². The summed E-state index contributed by atoms with van der Waals surface area (Å²) in [4.78, 5) is 0. The van der Waals surface area contributed by atoms with Gasteiger partial charge in [-0.1, -0.05) is 23.7 Å². The van der Waals surface area contributed by atoms with E-state index in [-0.39, 0.29) is 0 Å². The van der Waals surface area contributed by atoms with Gasteiger partial charge in [-0.05, 0) is 19.1 Å². The summed E-state index contributed by atoms with van der Waals surface area (Å²) in [6.45, 7) is 1.66. The minimum atomic E-state index is -0.594. The van der Waals surface area contributed by atoms with Crippen molar-refractivity contribution in [3.63, 3.8) is 0 Å². The molecule has 1 unspecified atom stereocenters. The van der Waals surface area contributed by atoms with Gasteiger partial charge < -0.3 is 9.52 Å². The zero-order chi connectivity index (χ0) is 9.42. The van der Waals surface area contributed by atoms with E-state index in [4.69, 9.17) is 16.0 Å². The molecule has 1 atom stereocenters. The average Bonchev–Trinajstić information content (AvgIpc) is 2.49. The molecular weight excluding hydrogens is 188 g/mol. The number of aliphatic hydroxyl groups is 1. The molecule has 68 valence electrons. The van der Waals surface area contributed by atoms with E-state index >= 15 is 0 Å². The minimum absolute atomic E-state index is 0.545. The molecule has 13 heavy (non-hydrogen) atoms. The Kier molecular flexibility index (Phi) is 2.02. The van der Waals surface area contributed by atoms with Crippen LogP contribution in [0.5, 0.6) is 0 Å². The second kappa shape index (κ2) is 3.05. The van der Waals surface area contributed by atoms with E-state index < -0.39 is 6.10 Å². The van der Waals surface area contributed by atoms with Gasteiger partial charge >= 0.3 is 0 Å². The van der Waals surface area contributed by atoms with E-state index in [1.165, 1.54) is 0 Å². The van der Waals surface area contributed by atoms with Gasteiger partial charge in [0, 0.05) is 5.39 Å². The quantitative estimate of drug-likeness (QED) is 0.760. The predicted octanol–water partition coefficient (Wildman–Crippen LogP) is 3.14. The van der Waals surface area contributed by atoms with Crippen molar-refractivity contribution in [1.29, 1.82) is 0 Å². The zero-order valence-corrected chi connectivity index (χ0v) is 7.88. The SMILES string of the molecule is CC(O)c1cc2cccc(Cl)c2o1. The van der Waals surface area contributed by atoms with Crippen LogP contribution in [0.2, 0.25) is 5.02 Å². The van der Waals surface area contributed by atoms with Gasteiger partial charge in [-0.2, -0.15) is 0 Å². The Labute approximate surface area is 80.7 Å². The number of aliphatic hydroxyl groups excluding tert-OH is 1. The van der Waals surface area contributed by atoms with Gasteiger partial charge in [0.25, 0.3) is 0 Å². The van der Waals surface area contributed by atoms with Crippen LogP contribution in [0.4, 0.5) is 0 Å². The first-order valence-corrected chi connectivity index (χ1v) is 4.42. The normalized spacial score (nSPS) is 13.5. The molecule has 2 rings (SSSR count). The standard InChI is InChI=1S/C10H9ClO2/c1-6(12)9-5-7-3-2-4-8(11)10(7)13-9/h2-6,12H,1H3. The molecule has 2 aromatic rings. The van der Waals surface area contributed by atoms with Crippen molar-refractivity contribution in [1.82, 2.24) is 0 Å². The van der Waals surface area contributed by atoms with Crippen molar-refractivity contribution in [2.24, 2.45) is 0 Å². The van der Waals surface area contributed by atoms with Crippen molar-refractivity contribution in [2.45, 2.75) is 13.0 Å². The van der Waals surface area contributed by atoms with Crippen LogP contribution in [-0.4, -0.2) is 5.11 Å². The van der Waals surface area contributed by atoms with E-state index in [2.05, 4.69) is 0 Å². The first-order valence-electron chi connectivity index (χ1n) is 4.04. The van der Waals surface area contributed by atoms with Crippen LogP contribution in [0.1, 0.15) is 18.8 Å². The summed E-state index contributed by atoms with van der Waals surface area (Å²) in [5.41, 5.74) is 0.639. The fourth-order valence-corrected chi connectivity index (χ4v) is 1.47. The van der Waals surface area contributed by atoms with E-state index in [1.807, 2.05) is 12.1 Å². The number of fused-ring (bicyclic) bond motifs is 1. The second-order valence-corrected chi connectivity index (χ2v) is 3.39. The van der Waals surface area contributed by atoms with E-state index in [1.54, 1.807) is 19.1 Å². The molecule has 3 heteroatoms. The monoisotopic (exact) mass is 196 g/mol. The fourth-order valence-electron chi connectivity index (χ4n) is 1.25. The topological polar surface area (TPSA) is 33.4 Å². The molecule has 0 amide bonds. The van der Waals surface area contributed by atoms with E-state index in [0.29, 0.717) is 16.4 Å². The predicted molar refractivity (Wildman–Crippen MR) is 51.9 cm³/mol. The maximum atomic E-state index is 9.28. The molecule has 0 spiro atoms. The van der Waals surface area contributed by atoms with Gasteiger partial charge in [0.05, 0.1) is 5.02 Å². The largest absolute Gasteiger partial charge is 0.457 e.